The Bertz CT molecular complexity index is 8470. The Balaban J connectivity index is 0.000000135. The number of furan rings is 2. The van der Waals surface area contributed by atoms with Crippen LogP contribution in [0.25, 0.3) is 243 Å². The summed E-state index contributed by atoms with van der Waals surface area (Å²) < 4.78 is 18.9. The Labute approximate surface area is 674 Å². The second kappa shape index (κ2) is 26.8. The summed E-state index contributed by atoms with van der Waals surface area (Å²) in [6.45, 7) is 0. The molecule has 6 aromatic heterocycles. The number of rotatable bonds is 9. The summed E-state index contributed by atoms with van der Waals surface area (Å²) in [5.41, 5.74) is 17.2. The van der Waals surface area contributed by atoms with E-state index >= 15 is 0 Å². The van der Waals surface area contributed by atoms with Gasteiger partial charge in [-0.15, -0.1) is 0 Å². The summed E-state index contributed by atoms with van der Waals surface area (Å²) in [6.07, 6.45) is 0. The molecule has 0 aliphatic rings. The number of fused-ring (bicyclic) bond motifs is 18. The smallest absolute Gasteiger partial charge is 0.165 e. The minimum atomic E-state index is 0.573. The third-order valence-corrected chi connectivity index (χ3v) is 23.5. The van der Waals surface area contributed by atoms with Crippen molar-refractivity contribution in [3.63, 3.8) is 0 Å². The fourth-order valence-corrected chi connectivity index (χ4v) is 18.0. The number of hydrogen-bond acceptors (Lipinski definition) is 8. The molecule has 25 aromatic rings. The van der Waals surface area contributed by atoms with Crippen LogP contribution in [0.4, 0.5) is 0 Å². The molecule has 25 rings (SSSR count). The Morgan fingerprint density at radius 2 is 0.602 bits per heavy atom. The maximum Gasteiger partial charge on any atom is 0.165 e. The topological polar surface area (TPSA) is 113 Å². The van der Waals surface area contributed by atoms with E-state index in [-0.39, 0.29) is 0 Å². The van der Waals surface area contributed by atoms with Gasteiger partial charge in [0.2, 0.25) is 0 Å². The number of nitrogens with zero attached hydrogens (tertiary/aromatic N) is 8. The van der Waals surface area contributed by atoms with Crippen LogP contribution in [-0.2, 0) is 0 Å². The van der Waals surface area contributed by atoms with E-state index in [0.29, 0.717) is 34.9 Å². The van der Waals surface area contributed by atoms with E-state index < -0.39 is 0 Å². The quantitative estimate of drug-likeness (QED) is 0.140. The molecule has 10 heteroatoms. The van der Waals surface area contributed by atoms with Crippen molar-refractivity contribution < 1.29 is 8.83 Å². The Hall–Kier alpha value is -16.0. The zero-order chi connectivity index (χ0) is 77.5. The van der Waals surface area contributed by atoms with Crippen LogP contribution in [0, 0.1) is 0 Å². The van der Waals surface area contributed by atoms with Crippen molar-refractivity contribution in [2.75, 3.05) is 0 Å². The molecule has 548 valence electrons. The van der Waals surface area contributed by atoms with Crippen LogP contribution in [-0.4, -0.2) is 39.0 Å². The van der Waals surface area contributed by atoms with Gasteiger partial charge in [-0.25, -0.2) is 29.9 Å². The highest BCUT2D eigenvalue weighted by Crippen LogP contribution is 2.50. The molecule has 0 fully saturated rings. The average molecular weight is 1510 g/mol. The summed E-state index contributed by atoms with van der Waals surface area (Å²) in [5, 5.41) is 22.4. The first-order valence-corrected chi connectivity index (χ1v) is 39.8. The van der Waals surface area contributed by atoms with Gasteiger partial charge < -0.3 is 18.0 Å². The molecule has 0 saturated heterocycles. The molecular weight excluding hydrogens is 1440 g/mol. The largest absolute Gasteiger partial charge is 0.454 e. The van der Waals surface area contributed by atoms with Crippen molar-refractivity contribution in [1.82, 2.24) is 39.0 Å². The average Bonchev–Trinajstić information content (AvgIpc) is 1.52. The highest BCUT2D eigenvalue weighted by atomic mass is 16.3. The van der Waals surface area contributed by atoms with E-state index in [0.717, 1.165) is 160 Å². The Kier molecular flexibility index (Phi) is 15.1. The number of aromatic nitrogens is 8. The van der Waals surface area contributed by atoms with E-state index in [2.05, 4.69) is 367 Å². The fraction of sp³-hybridized carbons (Fsp3) is 0. The normalized spacial score (nSPS) is 11.9. The molecule has 0 saturated carbocycles. The summed E-state index contributed by atoms with van der Waals surface area (Å²) in [4.78, 5) is 31.7. The van der Waals surface area contributed by atoms with Crippen molar-refractivity contribution in [2.45, 2.75) is 0 Å². The van der Waals surface area contributed by atoms with E-state index in [9.17, 15) is 0 Å². The Morgan fingerprint density at radius 1 is 0.195 bits per heavy atom. The minimum Gasteiger partial charge on any atom is -0.454 e. The van der Waals surface area contributed by atoms with Gasteiger partial charge in [0, 0.05) is 81.9 Å². The van der Waals surface area contributed by atoms with Crippen molar-refractivity contribution in [2.24, 2.45) is 0 Å². The molecule has 0 aliphatic heterocycles. The zero-order valence-corrected chi connectivity index (χ0v) is 63.3. The van der Waals surface area contributed by atoms with Crippen molar-refractivity contribution in [3.8, 4) is 90.8 Å². The lowest BCUT2D eigenvalue weighted by Crippen LogP contribution is -2.02. The van der Waals surface area contributed by atoms with Crippen LogP contribution in [0.2, 0.25) is 0 Å². The van der Waals surface area contributed by atoms with Crippen LogP contribution in [0.3, 0.4) is 0 Å². The van der Waals surface area contributed by atoms with E-state index in [4.69, 9.17) is 38.7 Å². The molecule has 0 N–H and O–H groups in total. The number of hydrogen-bond donors (Lipinski definition) is 0. The molecular formula is C108H64N8O2. The number of para-hydroxylation sites is 3. The number of benzene rings is 19. The van der Waals surface area contributed by atoms with Gasteiger partial charge in [0.1, 0.15) is 11.2 Å². The third kappa shape index (κ3) is 10.9. The molecule has 19 aromatic carbocycles. The molecule has 0 bridgehead atoms. The van der Waals surface area contributed by atoms with Gasteiger partial charge in [0.25, 0.3) is 0 Å². The third-order valence-electron chi connectivity index (χ3n) is 23.5. The summed E-state index contributed by atoms with van der Waals surface area (Å²) >= 11 is 0. The fourth-order valence-electron chi connectivity index (χ4n) is 18.0. The summed E-state index contributed by atoms with van der Waals surface area (Å²) in [6, 6.07) is 137. The van der Waals surface area contributed by atoms with Gasteiger partial charge in [-0.05, 0) is 155 Å². The first-order chi connectivity index (χ1) is 58.5. The molecule has 10 nitrogen and oxygen atoms in total. The zero-order valence-electron chi connectivity index (χ0n) is 63.3. The highest BCUT2D eigenvalue weighted by molar-refractivity contribution is 6.26. The van der Waals surface area contributed by atoms with Crippen LogP contribution in [0.15, 0.2) is 397 Å². The monoisotopic (exact) mass is 1500 g/mol. The highest BCUT2D eigenvalue weighted by Gasteiger charge is 2.29. The van der Waals surface area contributed by atoms with Crippen molar-refractivity contribution >= 4 is 152 Å². The second-order valence-electron chi connectivity index (χ2n) is 30.4. The molecule has 0 amide bonds. The van der Waals surface area contributed by atoms with E-state index in [1.165, 1.54) is 48.5 Å². The molecule has 0 aliphatic carbocycles. The van der Waals surface area contributed by atoms with E-state index in [1.54, 1.807) is 0 Å². The van der Waals surface area contributed by atoms with Crippen molar-refractivity contribution in [1.29, 1.82) is 0 Å². The lowest BCUT2D eigenvalue weighted by atomic mass is 9.95. The SMILES string of the molecule is c1ccc(-c2cccc(-c3nc(-c4ccc5ccccc5c4)nc(-c4ccc(-n5c6ccccc6c6cc7ccccc7cc65)c5oc6cc7ccccc7cc6c45)n3)c2)cc1.c1ccc(-c2nc(-c3ccc4ccccc4c3)nc(-c3c4ccccc4c(-n4c5ccccc5c5cc6ccccc6cc54)c4oc5ccccc5c34)n2)cc1. The van der Waals surface area contributed by atoms with Gasteiger partial charge >= 0.3 is 0 Å². The molecule has 0 spiro atoms. The van der Waals surface area contributed by atoms with E-state index in [1.807, 2.05) is 30.3 Å². The van der Waals surface area contributed by atoms with Gasteiger partial charge in [-0.3, -0.25) is 0 Å². The van der Waals surface area contributed by atoms with Crippen LogP contribution in [0.5, 0.6) is 0 Å². The molecule has 0 unspecified atom stereocenters. The molecule has 118 heavy (non-hydrogen) atoms. The van der Waals surface area contributed by atoms with Crippen LogP contribution in [0.1, 0.15) is 0 Å². The van der Waals surface area contributed by atoms with Crippen LogP contribution >= 0.6 is 0 Å². The Morgan fingerprint density at radius 3 is 1.19 bits per heavy atom. The molecule has 0 radical (unpaired) electrons. The van der Waals surface area contributed by atoms with Crippen molar-refractivity contribution in [3.05, 3.63) is 388 Å². The first-order valence-electron chi connectivity index (χ1n) is 39.8. The second-order valence-corrected chi connectivity index (χ2v) is 30.4. The summed E-state index contributed by atoms with van der Waals surface area (Å²) in [5.74, 6) is 3.59. The molecule has 6 heterocycles. The van der Waals surface area contributed by atoms with Gasteiger partial charge in [-0.1, -0.05) is 303 Å². The van der Waals surface area contributed by atoms with Gasteiger partial charge in [0.15, 0.2) is 46.1 Å². The predicted octanol–water partition coefficient (Wildman–Crippen LogP) is 28.3. The van der Waals surface area contributed by atoms with Crippen LogP contribution < -0.4 is 0 Å². The molecule has 0 atom stereocenters. The predicted molar refractivity (Wildman–Crippen MR) is 486 cm³/mol. The van der Waals surface area contributed by atoms with Gasteiger partial charge in [0.05, 0.1) is 33.4 Å². The summed E-state index contributed by atoms with van der Waals surface area (Å²) in [7, 11) is 0. The van der Waals surface area contributed by atoms with Gasteiger partial charge in [-0.2, -0.15) is 0 Å². The maximum atomic E-state index is 7.11. The lowest BCUT2D eigenvalue weighted by molar-refractivity contribution is 0.666. The standard InChI is InChI=1S/C57H34N4O.C51H30N4O/c1-2-13-35(14-3-1)38-21-12-22-43(29-38)55-58-56(44-26-25-36-15-4-5-16-37(36)30-44)60-57(59-55)46-27-28-50(54-53(46)48-32-40-18-7-9-20-42(40)34-52(48)62-54)61-49-24-11-10-23-45(49)47-31-39-17-6-8-19-41(39)33-51(47)61;1-2-15-32(16-3-1)49-52-50(36-27-26-31-14-4-5-17-33(31)28-36)54-51(53-49)46-38-21-8-9-22-39(38)47(48-45(46)40-23-11-13-25-44(40)56-48)55-42-24-12-10-20-37(42)41-29-34-18-6-7-19-35(34)30-43(41)55/h1-34H;1-30H. The maximum absolute atomic E-state index is 7.11. The lowest BCUT2D eigenvalue weighted by Gasteiger charge is -2.17. The minimum absolute atomic E-state index is 0.573. The first kappa shape index (κ1) is 66.6.